The van der Waals surface area contributed by atoms with Gasteiger partial charge in [-0.25, -0.2) is 9.36 Å². The van der Waals surface area contributed by atoms with Crippen molar-refractivity contribution in [3.63, 3.8) is 0 Å². The van der Waals surface area contributed by atoms with Crippen LogP contribution in [0.15, 0.2) is 70.3 Å². The van der Waals surface area contributed by atoms with E-state index in [1.807, 2.05) is 48.5 Å². The Bertz CT molecular complexity index is 1010. The monoisotopic (exact) mass is 348 g/mol. The van der Waals surface area contributed by atoms with E-state index < -0.39 is 5.69 Å². The van der Waals surface area contributed by atoms with Crippen molar-refractivity contribution >= 4 is 5.82 Å². The normalized spacial score (nSPS) is 13.8. The van der Waals surface area contributed by atoms with Crippen molar-refractivity contribution in [2.24, 2.45) is 0 Å². The van der Waals surface area contributed by atoms with Gasteiger partial charge in [0.2, 0.25) is 0 Å². The zero-order chi connectivity index (χ0) is 17.9. The lowest BCUT2D eigenvalue weighted by Gasteiger charge is -2.30. The highest BCUT2D eigenvalue weighted by Gasteiger charge is 2.23. The van der Waals surface area contributed by atoms with Gasteiger partial charge in [0.1, 0.15) is 5.82 Å². The van der Waals surface area contributed by atoms with Gasteiger partial charge < -0.3 is 5.32 Å². The molecule has 0 spiro atoms. The quantitative estimate of drug-likeness (QED) is 0.756. The van der Waals surface area contributed by atoms with Crippen LogP contribution < -0.4 is 16.6 Å². The number of aromatic amines is 1. The predicted molar refractivity (Wildman–Crippen MR) is 102 cm³/mol. The molecule has 26 heavy (non-hydrogen) atoms. The van der Waals surface area contributed by atoms with Crippen LogP contribution in [0.5, 0.6) is 0 Å². The third-order valence-corrected chi connectivity index (χ3v) is 4.63. The molecule has 1 aliphatic rings. The fourth-order valence-corrected chi connectivity index (χ4v) is 3.28. The number of hydrogen-bond donors (Lipinski definition) is 2. The molecule has 4 rings (SSSR count). The van der Waals surface area contributed by atoms with Gasteiger partial charge in [0.25, 0.3) is 5.56 Å². The first-order valence-electron chi connectivity index (χ1n) is 8.66. The molecule has 6 nitrogen and oxygen atoms in total. The van der Waals surface area contributed by atoms with E-state index in [1.165, 1.54) is 10.1 Å². The number of H-pyrrole nitrogens is 1. The summed E-state index contributed by atoms with van der Waals surface area (Å²) in [5.41, 5.74) is 1.84. The summed E-state index contributed by atoms with van der Waals surface area (Å²) in [6.07, 6.45) is 0.911. The van der Waals surface area contributed by atoms with Crippen LogP contribution in [0.3, 0.4) is 0 Å². The third kappa shape index (κ3) is 3.19. The molecular weight excluding hydrogens is 328 g/mol. The average Bonchev–Trinajstić information content (AvgIpc) is 2.68. The maximum Gasteiger partial charge on any atom is 0.334 e. The first-order chi connectivity index (χ1) is 12.7. The van der Waals surface area contributed by atoms with E-state index in [4.69, 9.17) is 0 Å². The van der Waals surface area contributed by atoms with Crippen LogP contribution in [0.2, 0.25) is 0 Å². The number of benzene rings is 2. The highest BCUT2D eigenvalue weighted by atomic mass is 16.2. The Labute approximate surface area is 150 Å². The number of anilines is 1. The number of para-hydroxylation sites is 1. The van der Waals surface area contributed by atoms with Gasteiger partial charge in [-0.05, 0) is 24.1 Å². The van der Waals surface area contributed by atoms with Gasteiger partial charge in [0, 0.05) is 13.1 Å². The summed E-state index contributed by atoms with van der Waals surface area (Å²) in [5.74, 6) is 0.584. The maximum atomic E-state index is 12.4. The highest BCUT2D eigenvalue weighted by Crippen LogP contribution is 2.20. The Morgan fingerprint density at radius 3 is 2.35 bits per heavy atom. The molecule has 0 aliphatic carbocycles. The topological polar surface area (TPSA) is 70.1 Å². The van der Waals surface area contributed by atoms with Crippen LogP contribution in [0.1, 0.15) is 11.1 Å². The van der Waals surface area contributed by atoms with E-state index in [2.05, 4.69) is 27.3 Å². The molecule has 1 aliphatic heterocycles. The summed E-state index contributed by atoms with van der Waals surface area (Å²) < 4.78 is 1.53. The fraction of sp³-hybridized carbons (Fsp3) is 0.200. The van der Waals surface area contributed by atoms with Crippen molar-refractivity contribution < 1.29 is 0 Å². The van der Waals surface area contributed by atoms with Crippen molar-refractivity contribution in [2.75, 3.05) is 18.5 Å². The minimum atomic E-state index is -0.426. The van der Waals surface area contributed by atoms with Gasteiger partial charge in [0.05, 0.1) is 17.9 Å². The summed E-state index contributed by atoms with van der Waals surface area (Å²) in [4.78, 5) is 29.3. The van der Waals surface area contributed by atoms with E-state index in [0.717, 1.165) is 18.7 Å². The van der Waals surface area contributed by atoms with Gasteiger partial charge in [0.15, 0.2) is 0 Å². The largest absolute Gasteiger partial charge is 0.358 e. The maximum absolute atomic E-state index is 12.4. The standard InChI is InChI=1S/C20H20N4O2/c25-19-17-13-23(12-11-15-7-3-1-4-8-15)14-21-18(17)24(20(26)22-19)16-9-5-2-6-10-16/h1-10,21H,11-14H2,(H,22,25,26). The third-order valence-electron chi connectivity index (χ3n) is 4.63. The molecule has 0 unspecified atom stereocenters. The minimum absolute atomic E-state index is 0.325. The first-order valence-corrected chi connectivity index (χ1v) is 8.66. The Kier molecular flexibility index (Phi) is 4.41. The predicted octanol–water partition coefficient (Wildman–Crippen LogP) is 1.95. The zero-order valence-corrected chi connectivity index (χ0v) is 14.3. The van der Waals surface area contributed by atoms with Crippen molar-refractivity contribution in [1.29, 1.82) is 0 Å². The Morgan fingerprint density at radius 1 is 0.923 bits per heavy atom. The number of aromatic nitrogens is 2. The fourth-order valence-electron chi connectivity index (χ4n) is 3.28. The second-order valence-corrected chi connectivity index (χ2v) is 6.38. The molecule has 2 aromatic carbocycles. The summed E-state index contributed by atoms with van der Waals surface area (Å²) in [6, 6.07) is 19.6. The number of nitrogens with one attached hydrogen (secondary N) is 2. The van der Waals surface area contributed by atoms with Crippen LogP contribution >= 0.6 is 0 Å². The van der Waals surface area contributed by atoms with Crippen molar-refractivity contribution in [3.05, 3.63) is 92.6 Å². The second-order valence-electron chi connectivity index (χ2n) is 6.38. The molecule has 0 saturated carbocycles. The molecule has 3 aromatic rings. The number of nitrogens with zero attached hydrogens (tertiary/aromatic N) is 2. The number of fused-ring (bicyclic) bond motifs is 1. The number of rotatable bonds is 4. The summed E-state index contributed by atoms with van der Waals surface area (Å²) in [7, 11) is 0. The Morgan fingerprint density at radius 2 is 1.62 bits per heavy atom. The van der Waals surface area contributed by atoms with Gasteiger partial charge in [-0.2, -0.15) is 0 Å². The Hall–Kier alpha value is -3.12. The van der Waals surface area contributed by atoms with E-state index in [9.17, 15) is 9.59 Å². The summed E-state index contributed by atoms with van der Waals surface area (Å²) in [6.45, 7) is 1.94. The lowest BCUT2D eigenvalue weighted by molar-refractivity contribution is 0.275. The zero-order valence-electron chi connectivity index (χ0n) is 14.3. The van der Waals surface area contributed by atoms with Crippen molar-refractivity contribution in [3.8, 4) is 5.69 Å². The molecular formula is C20H20N4O2. The molecule has 0 bridgehead atoms. The van der Waals surface area contributed by atoms with Gasteiger partial charge >= 0.3 is 5.69 Å². The molecule has 0 saturated heterocycles. The molecule has 0 atom stereocenters. The Balaban J connectivity index is 1.62. The molecule has 1 aromatic heterocycles. The number of hydrogen-bond acceptors (Lipinski definition) is 4. The highest BCUT2D eigenvalue weighted by molar-refractivity contribution is 5.51. The van der Waals surface area contributed by atoms with Crippen LogP contribution in [-0.2, 0) is 13.0 Å². The first kappa shape index (κ1) is 16.4. The lowest BCUT2D eigenvalue weighted by Crippen LogP contribution is -2.43. The van der Waals surface area contributed by atoms with Crippen LogP contribution in [0.25, 0.3) is 5.69 Å². The molecule has 0 fully saturated rings. The molecule has 0 radical (unpaired) electrons. The molecule has 0 amide bonds. The average molecular weight is 348 g/mol. The van der Waals surface area contributed by atoms with E-state index in [0.29, 0.717) is 24.6 Å². The van der Waals surface area contributed by atoms with Crippen LogP contribution in [-0.4, -0.2) is 27.7 Å². The van der Waals surface area contributed by atoms with Gasteiger partial charge in [-0.3, -0.25) is 14.7 Å². The molecule has 2 heterocycles. The SMILES string of the molecule is O=c1[nH]c(=O)n(-c2ccccc2)c2c1CN(CCc1ccccc1)CN2. The van der Waals surface area contributed by atoms with Crippen molar-refractivity contribution in [1.82, 2.24) is 14.5 Å². The summed E-state index contributed by atoms with van der Waals surface area (Å²) in [5, 5.41) is 3.27. The van der Waals surface area contributed by atoms with E-state index in [-0.39, 0.29) is 5.56 Å². The smallest absolute Gasteiger partial charge is 0.334 e. The van der Waals surface area contributed by atoms with Crippen LogP contribution in [0, 0.1) is 0 Å². The van der Waals surface area contributed by atoms with Gasteiger partial charge in [-0.1, -0.05) is 48.5 Å². The van der Waals surface area contributed by atoms with Crippen molar-refractivity contribution in [2.45, 2.75) is 13.0 Å². The lowest BCUT2D eigenvalue weighted by atomic mass is 10.1. The molecule has 2 N–H and O–H groups in total. The van der Waals surface area contributed by atoms with E-state index in [1.54, 1.807) is 0 Å². The second kappa shape index (κ2) is 7.01. The molecule has 6 heteroatoms. The van der Waals surface area contributed by atoms with Crippen LogP contribution in [0.4, 0.5) is 5.82 Å². The minimum Gasteiger partial charge on any atom is -0.358 e. The van der Waals surface area contributed by atoms with Gasteiger partial charge in [-0.15, -0.1) is 0 Å². The molecule has 132 valence electrons. The summed E-state index contributed by atoms with van der Waals surface area (Å²) >= 11 is 0. The van der Waals surface area contributed by atoms with E-state index >= 15 is 0 Å².